The highest BCUT2D eigenvalue weighted by Gasteiger charge is 2.09. The molecule has 104 valence electrons. The first kappa shape index (κ1) is 15.5. The molecule has 0 aromatic heterocycles. The Hall–Kier alpha value is -0.840. The number of thioether (sulfide) groups is 1. The summed E-state index contributed by atoms with van der Waals surface area (Å²) in [6, 6.07) is 11.8. The second-order valence-electron chi connectivity index (χ2n) is 4.19. The van der Waals surface area contributed by atoms with Gasteiger partial charge in [-0.3, -0.25) is 4.79 Å². The van der Waals surface area contributed by atoms with Crippen molar-refractivity contribution in [2.24, 2.45) is 0 Å². The maximum absolute atomic E-state index is 13.1. The number of hydrogen-bond acceptors (Lipinski definition) is 2. The van der Waals surface area contributed by atoms with Crippen molar-refractivity contribution in [3.63, 3.8) is 0 Å². The Labute approximate surface area is 134 Å². The summed E-state index contributed by atoms with van der Waals surface area (Å²) in [6.07, 6.45) is 0.153. The van der Waals surface area contributed by atoms with Gasteiger partial charge in [-0.2, -0.15) is 0 Å². The van der Waals surface area contributed by atoms with Gasteiger partial charge in [0.25, 0.3) is 0 Å². The zero-order valence-corrected chi connectivity index (χ0v) is 13.6. The largest absolute Gasteiger partial charge is 0.298 e. The molecule has 0 aliphatic heterocycles. The number of carbonyl (C=O) groups excluding carboxylic acids is 1. The van der Waals surface area contributed by atoms with Crippen LogP contribution in [0.1, 0.15) is 5.56 Å². The Balaban J connectivity index is 1.92. The molecule has 0 amide bonds. The molecule has 1 nitrogen and oxygen atoms in total. The summed E-state index contributed by atoms with van der Waals surface area (Å²) in [5, 5.41) is 0.424. The number of Topliss-reactive ketones (excluding diaryl/α,β-unsaturated/α-hetero) is 1. The average Bonchev–Trinajstić information content (AvgIpc) is 2.42. The van der Waals surface area contributed by atoms with Gasteiger partial charge in [-0.15, -0.1) is 11.8 Å². The summed E-state index contributed by atoms with van der Waals surface area (Å²) < 4.78 is 14.1. The summed E-state index contributed by atoms with van der Waals surface area (Å²) in [4.78, 5) is 12.9. The van der Waals surface area contributed by atoms with Gasteiger partial charge in [-0.1, -0.05) is 27.5 Å². The van der Waals surface area contributed by atoms with E-state index < -0.39 is 0 Å². The Kier molecular flexibility index (Phi) is 5.64. The van der Waals surface area contributed by atoms with Gasteiger partial charge in [0.05, 0.1) is 5.75 Å². The van der Waals surface area contributed by atoms with E-state index in [-0.39, 0.29) is 18.0 Å². The zero-order chi connectivity index (χ0) is 14.5. The molecule has 0 fully saturated rings. The van der Waals surface area contributed by atoms with Crippen LogP contribution in [-0.4, -0.2) is 11.5 Å². The van der Waals surface area contributed by atoms with Crippen molar-refractivity contribution < 1.29 is 9.18 Å². The van der Waals surface area contributed by atoms with Gasteiger partial charge < -0.3 is 0 Å². The molecule has 0 spiro atoms. The second kappa shape index (κ2) is 7.25. The molecule has 0 radical (unpaired) electrons. The van der Waals surface area contributed by atoms with Gasteiger partial charge in [-0.25, -0.2) is 4.39 Å². The Morgan fingerprint density at radius 1 is 1.20 bits per heavy atom. The molecule has 0 saturated heterocycles. The van der Waals surface area contributed by atoms with E-state index in [0.29, 0.717) is 16.3 Å². The van der Waals surface area contributed by atoms with Crippen molar-refractivity contribution in [2.45, 2.75) is 11.3 Å². The first-order chi connectivity index (χ1) is 9.54. The normalized spacial score (nSPS) is 10.6. The van der Waals surface area contributed by atoms with Crippen LogP contribution in [0.15, 0.2) is 51.8 Å². The van der Waals surface area contributed by atoms with E-state index in [4.69, 9.17) is 11.6 Å². The van der Waals surface area contributed by atoms with Crippen LogP contribution < -0.4 is 0 Å². The highest BCUT2D eigenvalue weighted by Crippen LogP contribution is 2.22. The van der Waals surface area contributed by atoms with Crippen molar-refractivity contribution in [1.82, 2.24) is 0 Å². The van der Waals surface area contributed by atoms with E-state index in [1.54, 1.807) is 0 Å². The third-order valence-corrected chi connectivity index (χ3v) is 4.58. The third-order valence-electron chi connectivity index (χ3n) is 2.61. The molecule has 0 saturated carbocycles. The van der Waals surface area contributed by atoms with Crippen LogP contribution in [0.2, 0.25) is 5.02 Å². The molecular formula is C15H11BrClFOS. The topological polar surface area (TPSA) is 17.1 Å². The summed E-state index contributed by atoms with van der Waals surface area (Å²) in [5.41, 5.74) is 0.535. The number of benzene rings is 2. The summed E-state index contributed by atoms with van der Waals surface area (Å²) in [7, 11) is 0. The molecule has 5 heteroatoms. The fourth-order valence-corrected chi connectivity index (χ4v) is 2.84. The first-order valence-corrected chi connectivity index (χ1v) is 8.04. The van der Waals surface area contributed by atoms with Crippen LogP contribution in [0.5, 0.6) is 0 Å². The first-order valence-electron chi connectivity index (χ1n) is 5.88. The number of hydrogen-bond donors (Lipinski definition) is 0. The van der Waals surface area contributed by atoms with Crippen LogP contribution >= 0.6 is 39.3 Å². The lowest BCUT2D eigenvalue weighted by Gasteiger charge is -2.04. The molecule has 0 heterocycles. The van der Waals surface area contributed by atoms with Gasteiger partial charge in [0.15, 0.2) is 0 Å². The summed E-state index contributed by atoms with van der Waals surface area (Å²) in [6.45, 7) is 0. The monoisotopic (exact) mass is 372 g/mol. The minimum atomic E-state index is -0.377. The average molecular weight is 374 g/mol. The third kappa shape index (κ3) is 4.62. The quantitative estimate of drug-likeness (QED) is 0.675. The minimum Gasteiger partial charge on any atom is -0.298 e. The van der Waals surface area contributed by atoms with Gasteiger partial charge in [0.1, 0.15) is 11.6 Å². The van der Waals surface area contributed by atoms with Crippen molar-refractivity contribution >= 4 is 45.1 Å². The molecule has 20 heavy (non-hydrogen) atoms. The molecule has 0 aliphatic rings. The van der Waals surface area contributed by atoms with Gasteiger partial charge >= 0.3 is 0 Å². The van der Waals surface area contributed by atoms with E-state index in [1.807, 2.05) is 24.3 Å². The smallest absolute Gasteiger partial charge is 0.147 e. The molecule has 0 atom stereocenters. The van der Waals surface area contributed by atoms with Crippen molar-refractivity contribution in [3.8, 4) is 0 Å². The lowest BCUT2D eigenvalue weighted by Crippen LogP contribution is -2.06. The highest BCUT2D eigenvalue weighted by atomic mass is 79.9. The zero-order valence-electron chi connectivity index (χ0n) is 10.4. The molecule has 0 aliphatic carbocycles. The summed E-state index contributed by atoms with van der Waals surface area (Å²) >= 11 is 10.8. The molecule has 0 unspecified atom stereocenters. The van der Waals surface area contributed by atoms with Crippen LogP contribution in [0, 0.1) is 5.82 Å². The lowest BCUT2D eigenvalue weighted by atomic mass is 10.1. The van der Waals surface area contributed by atoms with Crippen molar-refractivity contribution in [1.29, 1.82) is 0 Å². The van der Waals surface area contributed by atoms with E-state index in [9.17, 15) is 9.18 Å². The number of halogens is 3. The second-order valence-corrected chi connectivity index (χ2v) is 6.57. The molecule has 2 rings (SSSR count). The fourth-order valence-electron chi connectivity index (χ4n) is 1.64. The van der Waals surface area contributed by atoms with Crippen molar-refractivity contribution in [3.05, 3.63) is 63.3 Å². The Morgan fingerprint density at radius 2 is 1.90 bits per heavy atom. The Morgan fingerprint density at radius 3 is 2.60 bits per heavy atom. The fraction of sp³-hybridized carbons (Fsp3) is 0.133. The lowest BCUT2D eigenvalue weighted by molar-refractivity contribution is -0.116. The van der Waals surface area contributed by atoms with Gasteiger partial charge in [-0.05, 0) is 48.0 Å². The molecular weight excluding hydrogens is 363 g/mol. The maximum Gasteiger partial charge on any atom is 0.147 e. The molecule has 0 N–H and O–H groups in total. The highest BCUT2D eigenvalue weighted by molar-refractivity contribution is 9.10. The van der Waals surface area contributed by atoms with E-state index in [0.717, 1.165) is 9.37 Å². The minimum absolute atomic E-state index is 0.0189. The maximum atomic E-state index is 13.1. The summed E-state index contributed by atoms with van der Waals surface area (Å²) in [5.74, 6) is -0.0164. The number of rotatable bonds is 5. The predicted octanol–water partition coefficient (Wildman–Crippen LogP) is 5.15. The Bertz CT molecular complexity index is 616. The molecule has 0 bridgehead atoms. The standard InChI is InChI=1S/C15H11BrClFOS/c16-11-1-4-14(5-2-11)20-9-13(19)8-10-7-12(18)3-6-15(10)17/h1-7H,8-9H2. The predicted molar refractivity (Wildman–Crippen MR) is 85.0 cm³/mol. The van der Waals surface area contributed by atoms with Crippen molar-refractivity contribution in [2.75, 3.05) is 5.75 Å². The SMILES string of the molecule is O=C(CSc1ccc(Br)cc1)Cc1cc(F)ccc1Cl. The van der Waals surface area contributed by atoms with Gasteiger partial charge in [0, 0.05) is 20.8 Å². The number of ketones is 1. The number of carbonyl (C=O) groups is 1. The van der Waals surface area contributed by atoms with Crippen LogP contribution in [0.25, 0.3) is 0 Å². The van der Waals surface area contributed by atoms with Crippen LogP contribution in [-0.2, 0) is 11.2 Å². The van der Waals surface area contributed by atoms with Crippen LogP contribution in [0.4, 0.5) is 4.39 Å². The van der Waals surface area contributed by atoms with Gasteiger partial charge in [0.2, 0.25) is 0 Å². The van der Waals surface area contributed by atoms with Crippen LogP contribution in [0.3, 0.4) is 0 Å². The van der Waals surface area contributed by atoms with E-state index >= 15 is 0 Å². The molecule has 2 aromatic carbocycles. The van der Waals surface area contributed by atoms with E-state index in [2.05, 4.69) is 15.9 Å². The molecule has 2 aromatic rings. The van der Waals surface area contributed by atoms with E-state index in [1.165, 1.54) is 30.0 Å².